The van der Waals surface area contributed by atoms with Gasteiger partial charge in [0.1, 0.15) is 0 Å². The third-order valence-corrected chi connectivity index (χ3v) is 6.06. The van der Waals surface area contributed by atoms with E-state index in [2.05, 4.69) is 10.0 Å². The number of amides is 1. The van der Waals surface area contributed by atoms with Crippen molar-refractivity contribution >= 4 is 26.7 Å². The molecule has 0 fully saturated rings. The second-order valence-corrected chi connectivity index (χ2v) is 9.19. The van der Waals surface area contributed by atoms with Crippen LogP contribution in [0.4, 0.5) is 0 Å². The van der Waals surface area contributed by atoms with Crippen LogP contribution >= 0.6 is 0 Å². The average molecular weight is 411 g/mol. The Morgan fingerprint density at radius 3 is 2.28 bits per heavy atom. The van der Waals surface area contributed by atoms with Crippen LogP contribution in [0.25, 0.3) is 10.8 Å². The molecule has 0 aliphatic carbocycles. The van der Waals surface area contributed by atoms with E-state index in [9.17, 15) is 13.2 Å². The van der Waals surface area contributed by atoms with Gasteiger partial charge >= 0.3 is 0 Å². The second kappa shape index (κ2) is 9.20. The Hall–Kier alpha value is -2.70. The molecular weight excluding hydrogens is 384 g/mol. The summed E-state index contributed by atoms with van der Waals surface area (Å²) in [7, 11) is -3.43. The summed E-state index contributed by atoms with van der Waals surface area (Å²) in [4.78, 5) is 12.4. The van der Waals surface area contributed by atoms with Crippen molar-refractivity contribution in [1.29, 1.82) is 0 Å². The van der Waals surface area contributed by atoms with Crippen molar-refractivity contribution in [2.24, 2.45) is 0 Å². The van der Waals surface area contributed by atoms with E-state index in [0.717, 1.165) is 21.9 Å². The van der Waals surface area contributed by atoms with Crippen LogP contribution in [-0.4, -0.2) is 20.4 Å². The smallest absolute Gasteiger partial charge is 0.224 e. The number of nitrogens with one attached hydrogen (secondary N) is 2. The minimum Gasteiger partial charge on any atom is -0.352 e. The van der Waals surface area contributed by atoms with Gasteiger partial charge in [-0.25, -0.2) is 13.1 Å². The molecule has 6 heteroatoms. The van der Waals surface area contributed by atoms with E-state index in [4.69, 9.17) is 0 Å². The summed E-state index contributed by atoms with van der Waals surface area (Å²) < 4.78 is 27.1. The number of sulfonamides is 1. The summed E-state index contributed by atoms with van der Waals surface area (Å²) >= 11 is 0. The number of rotatable bonds is 8. The standard InChI is InChI=1S/C23H26N2O3S/c1-17(2)25-29(27,28)16-22-10-6-5-9-21(22)15-24-23(26)14-18-11-12-19-7-3-4-8-20(19)13-18/h3-13,17,25H,14-16H2,1-2H3,(H,24,26). The number of hydrogen-bond donors (Lipinski definition) is 2. The van der Waals surface area contributed by atoms with Crippen LogP contribution in [0, 0.1) is 0 Å². The lowest BCUT2D eigenvalue weighted by molar-refractivity contribution is -0.120. The molecule has 0 aliphatic rings. The minimum absolute atomic E-state index is 0.0988. The molecule has 0 atom stereocenters. The Morgan fingerprint density at radius 2 is 1.55 bits per heavy atom. The minimum atomic E-state index is -3.43. The van der Waals surface area contributed by atoms with Crippen LogP contribution in [0.5, 0.6) is 0 Å². The summed E-state index contributed by atoms with van der Waals surface area (Å²) in [5.74, 6) is -0.208. The van der Waals surface area contributed by atoms with Crippen LogP contribution in [0.3, 0.4) is 0 Å². The Kier molecular flexibility index (Phi) is 6.67. The molecule has 0 saturated heterocycles. The predicted octanol–water partition coefficient (Wildman–Crippen LogP) is 3.53. The van der Waals surface area contributed by atoms with E-state index < -0.39 is 10.0 Å². The molecular formula is C23H26N2O3S. The van der Waals surface area contributed by atoms with Gasteiger partial charge in [0, 0.05) is 12.6 Å². The highest BCUT2D eigenvalue weighted by atomic mass is 32.2. The van der Waals surface area contributed by atoms with Crippen LogP contribution < -0.4 is 10.0 Å². The Morgan fingerprint density at radius 1 is 0.897 bits per heavy atom. The van der Waals surface area contributed by atoms with Crippen molar-refractivity contribution in [3.05, 3.63) is 83.4 Å². The summed E-state index contributed by atoms with van der Waals surface area (Å²) in [6.07, 6.45) is 0.278. The highest BCUT2D eigenvalue weighted by Gasteiger charge is 2.15. The van der Waals surface area contributed by atoms with Crippen molar-refractivity contribution in [2.75, 3.05) is 0 Å². The van der Waals surface area contributed by atoms with Crippen LogP contribution in [-0.2, 0) is 33.5 Å². The summed E-state index contributed by atoms with van der Waals surface area (Å²) in [5, 5.41) is 5.15. The molecule has 3 rings (SSSR count). The highest BCUT2D eigenvalue weighted by Crippen LogP contribution is 2.16. The third kappa shape index (κ3) is 6.14. The average Bonchev–Trinajstić information content (AvgIpc) is 2.66. The Labute approximate surface area is 172 Å². The molecule has 0 aromatic heterocycles. The van der Waals surface area contributed by atoms with Gasteiger partial charge < -0.3 is 5.32 Å². The van der Waals surface area contributed by atoms with E-state index in [-0.39, 0.29) is 24.1 Å². The van der Waals surface area contributed by atoms with E-state index in [0.29, 0.717) is 12.1 Å². The molecule has 3 aromatic rings. The lowest BCUT2D eigenvalue weighted by Gasteiger charge is -2.13. The number of carbonyl (C=O) groups excluding carboxylic acids is 1. The van der Waals surface area contributed by atoms with E-state index >= 15 is 0 Å². The van der Waals surface area contributed by atoms with Crippen molar-refractivity contribution in [3.8, 4) is 0 Å². The molecule has 0 heterocycles. The lowest BCUT2D eigenvalue weighted by atomic mass is 10.0. The van der Waals surface area contributed by atoms with Crippen molar-refractivity contribution in [2.45, 2.75) is 38.6 Å². The molecule has 0 bridgehead atoms. The fraction of sp³-hybridized carbons (Fsp3) is 0.261. The van der Waals surface area contributed by atoms with Crippen LogP contribution in [0.2, 0.25) is 0 Å². The van der Waals surface area contributed by atoms with Gasteiger partial charge in [0.05, 0.1) is 12.2 Å². The molecule has 0 radical (unpaired) electrons. The topological polar surface area (TPSA) is 75.3 Å². The van der Waals surface area contributed by atoms with Gasteiger partial charge in [-0.05, 0) is 41.3 Å². The summed E-state index contributed by atoms with van der Waals surface area (Å²) in [6, 6.07) is 21.1. The number of hydrogen-bond acceptors (Lipinski definition) is 3. The zero-order valence-corrected chi connectivity index (χ0v) is 17.5. The first-order valence-corrected chi connectivity index (χ1v) is 11.3. The van der Waals surface area contributed by atoms with Crippen LogP contribution in [0.1, 0.15) is 30.5 Å². The quantitative estimate of drug-likeness (QED) is 0.597. The molecule has 29 heavy (non-hydrogen) atoms. The van der Waals surface area contributed by atoms with E-state index in [1.54, 1.807) is 26.0 Å². The molecule has 0 saturated carbocycles. The van der Waals surface area contributed by atoms with Gasteiger partial charge in [-0.15, -0.1) is 0 Å². The second-order valence-electron chi connectivity index (χ2n) is 7.44. The zero-order valence-electron chi connectivity index (χ0n) is 16.7. The van der Waals surface area contributed by atoms with Crippen LogP contribution in [0.15, 0.2) is 66.7 Å². The number of carbonyl (C=O) groups is 1. The lowest BCUT2D eigenvalue weighted by Crippen LogP contribution is -2.32. The molecule has 5 nitrogen and oxygen atoms in total. The number of fused-ring (bicyclic) bond motifs is 1. The SMILES string of the molecule is CC(C)NS(=O)(=O)Cc1ccccc1CNC(=O)Cc1ccc2ccccc2c1. The van der Waals surface area contributed by atoms with Gasteiger partial charge in [0.2, 0.25) is 15.9 Å². The van der Waals surface area contributed by atoms with E-state index in [1.807, 2.05) is 54.6 Å². The summed E-state index contributed by atoms with van der Waals surface area (Å²) in [6.45, 7) is 3.87. The van der Waals surface area contributed by atoms with Gasteiger partial charge in [0.15, 0.2) is 0 Å². The van der Waals surface area contributed by atoms with Gasteiger partial charge in [-0.3, -0.25) is 4.79 Å². The first-order chi connectivity index (χ1) is 13.8. The first kappa shape index (κ1) is 21.0. The van der Waals surface area contributed by atoms with Gasteiger partial charge in [-0.2, -0.15) is 0 Å². The molecule has 152 valence electrons. The molecule has 3 aromatic carbocycles. The Bertz CT molecular complexity index is 1110. The van der Waals surface area contributed by atoms with Crippen molar-refractivity contribution < 1.29 is 13.2 Å². The molecule has 0 spiro atoms. The molecule has 0 unspecified atom stereocenters. The van der Waals surface area contributed by atoms with Crippen molar-refractivity contribution in [3.63, 3.8) is 0 Å². The summed E-state index contributed by atoms with van der Waals surface area (Å²) in [5.41, 5.74) is 2.43. The maximum atomic E-state index is 12.4. The fourth-order valence-electron chi connectivity index (χ4n) is 3.27. The fourth-order valence-corrected chi connectivity index (χ4v) is 4.76. The third-order valence-electron chi connectivity index (χ3n) is 4.53. The van der Waals surface area contributed by atoms with E-state index in [1.165, 1.54) is 0 Å². The molecule has 1 amide bonds. The normalized spacial score (nSPS) is 11.7. The zero-order chi connectivity index (χ0) is 20.9. The molecule has 2 N–H and O–H groups in total. The highest BCUT2D eigenvalue weighted by molar-refractivity contribution is 7.88. The van der Waals surface area contributed by atoms with Gasteiger partial charge in [-0.1, -0.05) is 66.7 Å². The van der Waals surface area contributed by atoms with Gasteiger partial charge in [0.25, 0.3) is 0 Å². The maximum Gasteiger partial charge on any atom is 0.224 e. The first-order valence-electron chi connectivity index (χ1n) is 9.63. The molecule has 0 aliphatic heterocycles. The monoisotopic (exact) mass is 410 g/mol. The largest absolute Gasteiger partial charge is 0.352 e. The number of benzene rings is 3. The van der Waals surface area contributed by atoms with Crippen molar-refractivity contribution in [1.82, 2.24) is 10.0 Å². The maximum absolute atomic E-state index is 12.4. The predicted molar refractivity (Wildman–Crippen MR) is 117 cm³/mol. The Balaban J connectivity index is 1.64.